The Morgan fingerprint density at radius 2 is 2.05 bits per heavy atom. The molecule has 4 nitrogen and oxygen atoms in total. The molecule has 110 valence electrons. The van der Waals surface area contributed by atoms with E-state index in [2.05, 4.69) is 40.3 Å². The average Bonchev–Trinajstić information content (AvgIpc) is 2.89. The van der Waals surface area contributed by atoms with E-state index in [0.717, 1.165) is 44.2 Å². The molecule has 0 bridgehead atoms. The molecule has 1 saturated heterocycles. The Morgan fingerprint density at radius 3 is 2.76 bits per heavy atom. The second kappa shape index (κ2) is 6.06. The first kappa shape index (κ1) is 13.8. The van der Waals surface area contributed by atoms with Crippen LogP contribution in [-0.4, -0.2) is 30.9 Å². The highest BCUT2D eigenvalue weighted by molar-refractivity contribution is 5.61. The van der Waals surface area contributed by atoms with E-state index in [1.807, 2.05) is 12.3 Å². The fourth-order valence-electron chi connectivity index (χ4n) is 2.68. The van der Waals surface area contributed by atoms with Crippen LogP contribution in [0.1, 0.15) is 11.1 Å². The van der Waals surface area contributed by atoms with Gasteiger partial charge in [-0.2, -0.15) is 0 Å². The highest BCUT2D eigenvalue weighted by Crippen LogP contribution is 2.21. The third-order valence-corrected chi connectivity index (χ3v) is 3.90. The van der Waals surface area contributed by atoms with Crippen molar-refractivity contribution in [1.29, 1.82) is 0 Å². The fraction of sp³-hybridized carbons (Fsp3) is 0.294. The molecule has 0 spiro atoms. The van der Waals surface area contributed by atoms with Gasteiger partial charge in [0.25, 0.3) is 0 Å². The molecule has 2 aromatic rings. The molecule has 21 heavy (non-hydrogen) atoms. The van der Waals surface area contributed by atoms with Gasteiger partial charge in [0.15, 0.2) is 0 Å². The van der Waals surface area contributed by atoms with Crippen LogP contribution in [0.3, 0.4) is 0 Å². The zero-order valence-corrected chi connectivity index (χ0v) is 12.2. The summed E-state index contributed by atoms with van der Waals surface area (Å²) in [6.07, 6.45) is 3.80. The van der Waals surface area contributed by atoms with E-state index >= 15 is 0 Å². The van der Waals surface area contributed by atoms with Crippen LogP contribution in [0.5, 0.6) is 0 Å². The number of morpholine rings is 1. The molecule has 1 aliphatic rings. The van der Waals surface area contributed by atoms with Crippen molar-refractivity contribution in [2.75, 3.05) is 36.9 Å². The predicted molar refractivity (Wildman–Crippen MR) is 87.5 cm³/mol. The molecule has 0 saturated carbocycles. The van der Waals surface area contributed by atoms with E-state index in [0.29, 0.717) is 0 Å². The monoisotopic (exact) mass is 283 g/mol. The summed E-state index contributed by atoms with van der Waals surface area (Å²) in [6.45, 7) is 8.07. The van der Waals surface area contributed by atoms with Crippen molar-refractivity contribution in [2.24, 2.45) is 0 Å². The molecule has 0 atom stereocenters. The van der Waals surface area contributed by atoms with Gasteiger partial charge in [-0.25, -0.2) is 0 Å². The van der Waals surface area contributed by atoms with Crippen LogP contribution >= 0.6 is 0 Å². The van der Waals surface area contributed by atoms with E-state index in [1.54, 1.807) is 6.08 Å². The third-order valence-electron chi connectivity index (χ3n) is 3.90. The number of hydrogen-bond donors (Lipinski definition) is 1. The lowest BCUT2D eigenvalue weighted by Crippen LogP contribution is -2.36. The first-order valence-corrected chi connectivity index (χ1v) is 7.26. The van der Waals surface area contributed by atoms with E-state index in [4.69, 9.17) is 10.5 Å². The van der Waals surface area contributed by atoms with E-state index in [1.165, 1.54) is 11.3 Å². The minimum absolute atomic E-state index is 0.766. The molecule has 0 radical (unpaired) electrons. The number of ether oxygens (including phenoxy) is 1. The summed E-state index contributed by atoms with van der Waals surface area (Å²) in [6, 6.07) is 10.6. The fourth-order valence-corrected chi connectivity index (χ4v) is 2.68. The van der Waals surface area contributed by atoms with Gasteiger partial charge in [0.05, 0.1) is 13.2 Å². The largest absolute Gasteiger partial charge is 0.385 e. The topological polar surface area (TPSA) is 43.4 Å². The molecule has 1 fully saturated rings. The quantitative estimate of drug-likeness (QED) is 0.938. The van der Waals surface area contributed by atoms with Gasteiger partial charge in [-0.05, 0) is 23.8 Å². The number of nitrogen functional groups attached to an aromatic ring is 1. The van der Waals surface area contributed by atoms with Crippen LogP contribution < -0.4 is 10.6 Å². The molecule has 3 rings (SSSR count). The number of hydrogen-bond acceptors (Lipinski definition) is 3. The lowest BCUT2D eigenvalue weighted by Gasteiger charge is -2.29. The van der Waals surface area contributed by atoms with E-state index < -0.39 is 0 Å². The molecule has 1 aromatic carbocycles. The number of anilines is 2. The van der Waals surface area contributed by atoms with Gasteiger partial charge in [0.1, 0.15) is 5.82 Å². The Labute approximate surface area is 125 Å². The Kier molecular flexibility index (Phi) is 3.97. The van der Waals surface area contributed by atoms with Gasteiger partial charge < -0.3 is 19.9 Å². The minimum Gasteiger partial charge on any atom is -0.385 e. The van der Waals surface area contributed by atoms with Crippen molar-refractivity contribution in [2.45, 2.75) is 6.54 Å². The number of nitrogens with two attached hydrogens (primary N) is 1. The second-order valence-electron chi connectivity index (χ2n) is 5.26. The Bertz CT molecular complexity index is 627. The van der Waals surface area contributed by atoms with E-state index in [9.17, 15) is 0 Å². The summed E-state index contributed by atoms with van der Waals surface area (Å²) < 4.78 is 7.46. The predicted octanol–water partition coefficient (Wildman–Crippen LogP) is 2.60. The van der Waals surface area contributed by atoms with Crippen molar-refractivity contribution in [1.82, 2.24) is 4.57 Å². The maximum Gasteiger partial charge on any atom is 0.110 e. The SMILES string of the molecule is C=Cc1ccn(Cc2cccc(N3CCOCC3)c2)c1N. The highest BCUT2D eigenvalue weighted by atomic mass is 16.5. The molecule has 0 aliphatic carbocycles. The van der Waals surface area contributed by atoms with Crippen LogP contribution in [-0.2, 0) is 11.3 Å². The molecule has 1 aromatic heterocycles. The number of aromatic nitrogens is 1. The highest BCUT2D eigenvalue weighted by Gasteiger charge is 2.11. The lowest BCUT2D eigenvalue weighted by molar-refractivity contribution is 0.122. The minimum atomic E-state index is 0.766. The second-order valence-corrected chi connectivity index (χ2v) is 5.26. The Hall–Kier alpha value is -2.20. The smallest absolute Gasteiger partial charge is 0.110 e. The first-order chi connectivity index (χ1) is 10.3. The summed E-state index contributed by atoms with van der Waals surface area (Å²) in [5.74, 6) is 0.766. The molecule has 0 amide bonds. The van der Waals surface area contributed by atoms with Gasteiger partial charge in [-0.3, -0.25) is 0 Å². The van der Waals surface area contributed by atoms with Crippen molar-refractivity contribution in [3.8, 4) is 0 Å². The average molecular weight is 283 g/mol. The molecule has 4 heteroatoms. The molecule has 0 unspecified atom stereocenters. The summed E-state index contributed by atoms with van der Waals surface area (Å²) >= 11 is 0. The van der Waals surface area contributed by atoms with Crippen molar-refractivity contribution >= 4 is 17.6 Å². The van der Waals surface area contributed by atoms with Gasteiger partial charge in [-0.1, -0.05) is 24.8 Å². The molecular formula is C17H21N3O. The molecule has 1 aliphatic heterocycles. The van der Waals surface area contributed by atoms with Gasteiger partial charge in [0.2, 0.25) is 0 Å². The van der Waals surface area contributed by atoms with Gasteiger partial charge in [-0.15, -0.1) is 0 Å². The van der Waals surface area contributed by atoms with Gasteiger partial charge >= 0.3 is 0 Å². The van der Waals surface area contributed by atoms with Crippen LogP contribution in [0.4, 0.5) is 11.5 Å². The molecule has 2 heterocycles. The third kappa shape index (κ3) is 2.95. The van der Waals surface area contributed by atoms with Crippen LogP contribution in [0.15, 0.2) is 43.1 Å². The van der Waals surface area contributed by atoms with Crippen LogP contribution in [0.2, 0.25) is 0 Å². The van der Waals surface area contributed by atoms with E-state index in [-0.39, 0.29) is 0 Å². The van der Waals surface area contributed by atoms with Crippen molar-refractivity contribution in [3.05, 3.63) is 54.2 Å². The normalized spacial score (nSPS) is 15.1. The summed E-state index contributed by atoms with van der Waals surface area (Å²) in [4.78, 5) is 2.36. The molecular weight excluding hydrogens is 262 g/mol. The first-order valence-electron chi connectivity index (χ1n) is 7.26. The molecule has 2 N–H and O–H groups in total. The summed E-state index contributed by atoms with van der Waals surface area (Å²) in [5, 5.41) is 0. The number of rotatable bonds is 4. The number of benzene rings is 1. The maximum atomic E-state index is 6.11. The lowest BCUT2D eigenvalue weighted by atomic mass is 10.1. The van der Waals surface area contributed by atoms with Crippen LogP contribution in [0, 0.1) is 0 Å². The summed E-state index contributed by atoms with van der Waals surface area (Å²) in [5.41, 5.74) is 9.59. The van der Waals surface area contributed by atoms with Gasteiger partial charge in [0, 0.05) is 37.1 Å². The van der Waals surface area contributed by atoms with Crippen molar-refractivity contribution in [3.63, 3.8) is 0 Å². The van der Waals surface area contributed by atoms with Crippen LogP contribution in [0.25, 0.3) is 6.08 Å². The Morgan fingerprint density at radius 1 is 1.24 bits per heavy atom. The van der Waals surface area contributed by atoms with Crippen molar-refractivity contribution < 1.29 is 4.74 Å². The zero-order chi connectivity index (χ0) is 14.7. The maximum absolute atomic E-state index is 6.11. The summed E-state index contributed by atoms with van der Waals surface area (Å²) in [7, 11) is 0. The standard InChI is InChI=1S/C17H21N3O/c1-2-15-6-7-20(17(15)18)13-14-4-3-5-16(12-14)19-8-10-21-11-9-19/h2-7,12H,1,8-11,13,18H2. The number of nitrogens with zero attached hydrogens (tertiary/aromatic N) is 2. The zero-order valence-electron chi connectivity index (χ0n) is 12.2. The Balaban J connectivity index is 1.79.